The van der Waals surface area contributed by atoms with Crippen molar-refractivity contribution in [2.75, 3.05) is 0 Å². The Balaban J connectivity index is 0.000000257. The van der Waals surface area contributed by atoms with Gasteiger partial charge in [-0.15, -0.1) is 17.5 Å². The fourth-order valence-corrected chi connectivity index (χ4v) is 5.70. The first-order chi connectivity index (χ1) is 17.8. The van der Waals surface area contributed by atoms with Crippen LogP contribution < -0.4 is 24.8 Å². The Morgan fingerprint density at radius 2 is 1.29 bits per heavy atom. The third-order valence-corrected chi connectivity index (χ3v) is 8.03. The predicted octanol–water partition coefficient (Wildman–Crippen LogP) is 2.99. The fourth-order valence-electron chi connectivity index (χ4n) is 4.83. The Morgan fingerprint density at radius 1 is 0.658 bits per heavy atom. The first-order valence-corrected chi connectivity index (χ1v) is 14.1. The summed E-state index contributed by atoms with van der Waals surface area (Å²) in [5.74, 6) is 0. The van der Waals surface area contributed by atoms with E-state index in [4.69, 9.17) is 0 Å². The summed E-state index contributed by atoms with van der Waals surface area (Å²) in [6, 6.07) is 35.9. The van der Waals surface area contributed by atoms with Gasteiger partial charge in [-0.3, -0.25) is 6.08 Å². The van der Waals surface area contributed by atoms with Crippen molar-refractivity contribution in [3.05, 3.63) is 132 Å². The van der Waals surface area contributed by atoms with Crippen LogP contribution in [0.15, 0.2) is 109 Å². The first kappa shape index (κ1) is 30.2. The minimum Gasteiger partial charge on any atom is -0.179 e. The number of hydrogen-bond donors (Lipinski definition) is 0. The Kier molecular flexibility index (Phi) is 12.2. The quantitative estimate of drug-likeness (QED) is 0.269. The Labute approximate surface area is 255 Å². The summed E-state index contributed by atoms with van der Waals surface area (Å²) in [5.41, 5.74) is 10.4. The minimum atomic E-state index is 0. The zero-order valence-electron chi connectivity index (χ0n) is 21.4. The third kappa shape index (κ3) is 7.86. The molecule has 0 aliphatic heterocycles. The van der Waals surface area contributed by atoms with Gasteiger partial charge in [-0.2, -0.15) is 29.8 Å². The molecule has 0 nitrogen and oxygen atoms in total. The number of allylic oxidation sites excluding steroid dienone is 4. The summed E-state index contributed by atoms with van der Waals surface area (Å²) in [6.07, 6.45) is 16.8. The molecule has 0 saturated heterocycles. The van der Waals surface area contributed by atoms with Crippen LogP contribution in [0, 0.1) is 12.1 Å². The normalized spacial score (nSPS) is 13.7. The molecule has 3 heteroatoms. The molecule has 0 amide bonds. The van der Waals surface area contributed by atoms with E-state index in [1.54, 1.807) is 27.4 Å². The van der Waals surface area contributed by atoms with Crippen molar-refractivity contribution in [3.63, 3.8) is 0 Å². The molecule has 0 spiro atoms. The smallest absolute Gasteiger partial charge is 0.0184 e. The summed E-state index contributed by atoms with van der Waals surface area (Å²) in [6.45, 7) is 0. The van der Waals surface area contributed by atoms with Crippen molar-refractivity contribution in [1.29, 1.82) is 0 Å². The number of benzene rings is 4. The van der Waals surface area contributed by atoms with E-state index >= 15 is 0 Å². The van der Waals surface area contributed by atoms with Crippen molar-refractivity contribution in [2.24, 2.45) is 0 Å². The molecular weight excluding hydrogens is 583 g/mol. The van der Waals surface area contributed by atoms with Gasteiger partial charge in [0.1, 0.15) is 0 Å². The zero-order chi connectivity index (χ0) is 24.6. The van der Waals surface area contributed by atoms with E-state index in [-0.39, 0.29) is 24.8 Å². The standard InChI is InChI=1S/C25H17.C5H8.C5H5.2ClH.Zr/c1-3-7-18(8-4-1)20-11-13-22-15-23-14-12-21(17-25(23)24(22)16-20)19-9-5-2-6-10-19;2*1-2-4-5-3-1;;;/h1-13,16-17H,15H2;1-4H2;1-3H,4H2;2*1H;/q-1;;-1;;;+2/p-2. The Bertz CT molecular complexity index is 1280. The third-order valence-electron chi connectivity index (χ3n) is 6.80. The zero-order valence-corrected chi connectivity index (χ0v) is 25.4. The second-order valence-corrected chi connectivity index (χ2v) is 11.1. The molecule has 0 aromatic heterocycles. The van der Waals surface area contributed by atoms with Gasteiger partial charge in [-0.1, -0.05) is 95.6 Å². The molecule has 3 aliphatic carbocycles. The van der Waals surface area contributed by atoms with Crippen LogP contribution in [-0.4, -0.2) is 3.21 Å². The van der Waals surface area contributed by atoms with Crippen molar-refractivity contribution in [2.45, 2.75) is 38.5 Å². The number of halogens is 2. The van der Waals surface area contributed by atoms with Crippen molar-refractivity contribution in [1.82, 2.24) is 0 Å². The van der Waals surface area contributed by atoms with Crippen molar-refractivity contribution >= 4 is 3.21 Å². The summed E-state index contributed by atoms with van der Waals surface area (Å²) >= 11 is 1.68. The molecule has 4 aromatic rings. The minimum absolute atomic E-state index is 0. The van der Waals surface area contributed by atoms with E-state index in [0.717, 1.165) is 12.8 Å². The van der Waals surface area contributed by atoms with E-state index < -0.39 is 0 Å². The van der Waals surface area contributed by atoms with Crippen LogP contribution in [0.1, 0.15) is 43.2 Å². The van der Waals surface area contributed by atoms with Crippen LogP contribution in [-0.2, 0) is 30.7 Å². The number of fused-ring (bicyclic) bond motifs is 3. The van der Waals surface area contributed by atoms with Crippen LogP contribution in [0.25, 0.3) is 33.4 Å². The second-order valence-electron chi connectivity index (χ2n) is 9.38. The molecule has 38 heavy (non-hydrogen) atoms. The predicted molar refractivity (Wildman–Crippen MR) is 149 cm³/mol. The van der Waals surface area contributed by atoms with E-state index in [9.17, 15) is 0 Å². The van der Waals surface area contributed by atoms with Crippen LogP contribution in [0.2, 0.25) is 0 Å². The van der Waals surface area contributed by atoms with E-state index in [1.807, 2.05) is 12.2 Å². The van der Waals surface area contributed by atoms with Gasteiger partial charge in [-0.25, -0.2) is 12.2 Å². The molecule has 0 N–H and O–H groups in total. The molecule has 3 aliphatic rings. The molecule has 0 radical (unpaired) electrons. The average Bonchev–Trinajstić information content (AvgIpc) is 3.73. The molecule has 0 unspecified atom stereocenters. The van der Waals surface area contributed by atoms with Gasteiger partial charge in [0, 0.05) is 0 Å². The summed E-state index contributed by atoms with van der Waals surface area (Å²) in [5, 5.41) is 0. The molecule has 190 valence electrons. The summed E-state index contributed by atoms with van der Waals surface area (Å²) in [7, 11) is 0. The van der Waals surface area contributed by atoms with E-state index in [2.05, 4.69) is 109 Å². The monoisotopic (exact) mass is 610 g/mol. The van der Waals surface area contributed by atoms with Crippen molar-refractivity contribution in [3.8, 4) is 33.4 Å². The first-order valence-electron chi connectivity index (χ1n) is 12.8. The van der Waals surface area contributed by atoms with Gasteiger partial charge in [-0.05, 0) is 17.5 Å². The molecule has 0 bridgehead atoms. The Hall–Kier alpha value is -2.31. The molecule has 1 fully saturated rings. The molecule has 0 heterocycles. The Morgan fingerprint density at radius 3 is 1.82 bits per heavy atom. The largest absolute Gasteiger partial charge is 0.179 e. The van der Waals surface area contributed by atoms with Gasteiger partial charge in [0.15, 0.2) is 0 Å². The fraction of sp³-hybridized carbons (Fsp3) is 0.171. The molecule has 0 atom stereocenters. The van der Waals surface area contributed by atoms with Gasteiger partial charge in [0.05, 0.1) is 0 Å². The van der Waals surface area contributed by atoms with Crippen LogP contribution >= 0.6 is 0 Å². The molecule has 1 saturated carbocycles. The molecule has 7 rings (SSSR count). The topological polar surface area (TPSA) is 0 Å². The maximum absolute atomic E-state index is 3.52. The molecular formula is C35H30Cl2Zr-2. The van der Waals surface area contributed by atoms with E-state index in [0.29, 0.717) is 0 Å². The van der Waals surface area contributed by atoms with Crippen LogP contribution in [0.5, 0.6) is 0 Å². The van der Waals surface area contributed by atoms with E-state index in [1.165, 1.54) is 70.2 Å². The van der Waals surface area contributed by atoms with Gasteiger partial charge >= 0.3 is 53.1 Å². The molecule has 4 aromatic carbocycles. The SMILES string of the molecule is [C-]1=CC=CC1.[Cl-].[Cl-].[Zr+2]=[C]1CCCC1.[c-]1cc(-c2ccccc2)cc2c1Cc1ccc(-c3ccccc3)cc1-2. The number of rotatable bonds is 2. The second kappa shape index (κ2) is 15.3. The average molecular weight is 613 g/mol. The van der Waals surface area contributed by atoms with Crippen LogP contribution in [0.4, 0.5) is 0 Å². The summed E-state index contributed by atoms with van der Waals surface area (Å²) in [4.78, 5) is 0. The summed E-state index contributed by atoms with van der Waals surface area (Å²) < 4.78 is 1.79. The van der Waals surface area contributed by atoms with Crippen molar-refractivity contribution < 1.29 is 49.0 Å². The maximum atomic E-state index is 3.52. The van der Waals surface area contributed by atoms with Gasteiger partial charge in [0.25, 0.3) is 0 Å². The van der Waals surface area contributed by atoms with Gasteiger partial charge < -0.3 is 24.8 Å². The van der Waals surface area contributed by atoms with Crippen LogP contribution in [0.3, 0.4) is 0 Å². The maximum Gasteiger partial charge on any atom is -0.0184 e. The van der Waals surface area contributed by atoms with Gasteiger partial charge in [0.2, 0.25) is 0 Å². The number of hydrogen-bond acceptors (Lipinski definition) is 0.